The summed E-state index contributed by atoms with van der Waals surface area (Å²) in [4.78, 5) is 60.5. The van der Waals surface area contributed by atoms with E-state index in [9.17, 15) is 34.2 Å². The van der Waals surface area contributed by atoms with Crippen LogP contribution in [0.1, 0.15) is 42.5 Å². The lowest BCUT2D eigenvalue weighted by Gasteiger charge is -2.18. The molecule has 284 valence electrons. The molecule has 0 aromatic heterocycles. The van der Waals surface area contributed by atoms with Crippen LogP contribution in [0.3, 0.4) is 0 Å². The number of amides is 4. The zero-order valence-corrected chi connectivity index (χ0v) is 32.0. The number of aromatic carboxylic acids is 1. The van der Waals surface area contributed by atoms with Gasteiger partial charge < -0.3 is 41.2 Å². The molecule has 14 nitrogen and oxygen atoms in total. The highest BCUT2D eigenvalue weighted by molar-refractivity contribution is 8.76. The van der Waals surface area contributed by atoms with Crippen LogP contribution in [-0.4, -0.2) is 76.0 Å². The lowest BCUT2D eigenvalue weighted by molar-refractivity contribution is -0.268. The summed E-state index contributed by atoms with van der Waals surface area (Å²) in [6.07, 6.45) is 3.34. The second kappa shape index (κ2) is 18.1. The number of rotatable bonds is 16. The number of anilines is 1. The molecule has 0 spiro atoms. The molecule has 2 aromatic rings. The Hall–Kier alpha value is -4.65. The third kappa shape index (κ3) is 9.90. The van der Waals surface area contributed by atoms with Crippen LogP contribution in [-0.2, 0) is 9.59 Å². The van der Waals surface area contributed by atoms with Gasteiger partial charge >= 0.3 is 12.0 Å². The lowest BCUT2D eigenvalue weighted by Crippen LogP contribution is -2.36. The van der Waals surface area contributed by atoms with Gasteiger partial charge in [-0.15, -0.1) is 5.75 Å². The van der Waals surface area contributed by atoms with Gasteiger partial charge in [0.25, 0.3) is 0 Å². The Labute approximate surface area is 327 Å². The summed E-state index contributed by atoms with van der Waals surface area (Å²) >= 11 is 7.25. The van der Waals surface area contributed by atoms with Gasteiger partial charge in [0.2, 0.25) is 11.8 Å². The van der Waals surface area contributed by atoms with Gasteiger partial charge in [-0.2, -0.15) is 11.8 Å². The number of unbranched alkanes of at least 4 members (excludes halogenated alkanes) is 1. The van der Waals surface area contributed by atoms with Crippen molar-refractivity contribution in [1.82, 2.24) is 26.0 Å². The Balaban J connectivity index is 0.891. The van der Waals surface area contributed by atoms with Gasteiger partial charge in [0, 0.05) is 81.9 Å². The maximum Gasteiger partial charge on any atom is 0.336 e. The number of carbonyl (C=O) groups excluding carboxylic acids is 3. The van der Waals surface area contributed by atoms with Crippen molar-refractivity contribution in [3.05, 3.63) is 70.4 Å². The molecule has 54 heavy (non-hydrogen) atoms. The molecule has 18 heteroatoms. The number of hydrogen-bond donors (Lipinski definition) is 7. The van der Waals surface area contributed by atoms with Gasteiger partial charge in [-0.1, -0.05) is 35.4 Å². The summed E-state index contributed by atoms with van der Waals surface area (Å²) in [7, 11) is 2.60. The monoisotopic (exact) mass is 809 g/mol. The van der Waals surface area contributed by atoms with Crippen molar-refractivity contribution in [3.63, 3.8) is 0 Å². The predicted octanol–water partition coefficient (Wildman–Crippen LogP) is 4.27. The van der Waals surface area contributed by atoms with E-state index < -0.39 is 5.97 Å². The summed E-state index contributed by atoms with van der Waals surface area (Å²) in [5.74, 6) is -0.0289. The van der Waals surface area contributed by atoms with Crippen molar-refractivity contribution in [2.45, 2.75) is 49.4 Å². The molecule has 7 N–H and O–H groups in total. The first-order chi connectivity index (χ1) is 26.0. The van der Waals surface area contributed by atoms with Crippen molar-refractivity contribution >= 4 is 91.3 Å². The molecule has 3 aliphatic heterocycles. The van der Waals surface area contributed by atoms with Crippen LogP contribution in [0.5, 0.6) is 5.75 Å². The number of hydrogen-bond acceptors (Lipinski definition) is 11. The minimum Gasteiger partial charge on any atom is -0.872 e. The van der Waals surface area contributed by atoms with Crippen LogP contribution >= 0.6 is 45.8 Å². The number of thiocarbonyl (C=S) groups is 1. The molecule has 3 atom stereocenters. The van der Waals surface area contributed by atoms with Crippen molar-refractivity contribution in [1.29, 1.82) is 0 Å². The number of fused-ring (bicyclic) bond motifs is 3. The molecule has 1 aliphatic carbocycles. The fourth-order valence-electron chi connectivity index (χ4n) is 6.38. The minimum absolute atomic E-state index is 0.0381. The zero-order valence-electron chi connectivity index (χ0n) is 28.7. The normalized spacial score (nSPS) is 17.4. The van der Waals surface area contributed by atoms with Crippen LogP contribution in [0, 0.1) is 0 Å². The summed E-state index contributed by atoms with van der Waals surface area (Å²) in [6, 6.07) is 13.5. The predicted molar refractivity (Wildman–Crippen MR) is 215 cm³/mol. The molecule has 0 radical (unpaired) electrons. The van der Waals surface area contributed by atoms with E-state index in [0.717, 1.165) is 25.0 Å². The first kappa shape index (κ1) is 39.1. The van der Waals surface area contributed by atoms with E-state index >= 15 is 0 Å². The van der Waals surface area contributed by atoms with Gasteiger partial charge in [-0.3, -0.25) is 19.1 Å². The molecule has 2 saturated heterocycles. The molecule has 6 rings (SSSR count). The second-order valence-corrected chi connectivity index (χ2v) is 16.5. The highest BCUT2D eigenvalue weighted by Gasteiger charge is 2.42. The number of thioether (sulfide) groups is 1. The summed E-state index contributed by atoms with van der Waals surface area (Å²) in [5.41, 5.74) is 1.69. The van der Waals surface area contributed by atoms with E-state index in [0.29, 0.717) is 58.3 Å². The SMILES string of the molecule is O=C(CCSSNC(=O)CCCCC1SCC2NC(=O)NC21)NCCNC(=S)Nc1ccc(-c2c3ccc(=O)cc-3oc3cc([O-])ccc23)c(C(=O)O)c1. The maximum absolute atomic E-state index is 12.5. The fraction of sp³-hybridized carbons (Fsp3) is 0.333. The third-order valence-corrected chi connectivity index (χ3v) is 12.5. The average molecular weight is 810 g/mol. The van der Waals surface area contributed by atoms with Crippen LogP contribution in [0.4, 0.5) is 10.5 Å². The van der Waals surface area contributed by atoms with Crippen LogP contribution in [0.25, 0.3) is 33.4 Å². The van der Waals surface area contributed by atoms with Gasteiger partial charge in [0.1, 0.15) is 11.3 Å². The van der Waals surface area contributed by atoms with E-state index in [-0.39, 0.29) is 69.5 Å². The average Bonchev–Trinajstić information content (AvgIpc) is 3.69. The third-order valence-electron chi connectivity index (χ3n) is 8.88. The largest absolute Gasteiger partial charge is 0.872 e. The molecular formula is C36H37N6O8S4-. The van der Waals surface area contributed by atoms with Gasteiger partial charge in [0.15, 0.2) is 10.5 Å². The van der Waals surface area contributed by atoms with Crippen molar-refractivity contribution < 1.29 is 33.8 Å². The fourth-order valence-corrected chi connectivity index (χ4v) is 9.70. The molecular weight excluding hydrogens is 773 g/mol. The number of carboxylic acids is 1. The standard InChI is InChI=1S/C36H38N6O8S4/c43-20-6-9-23-27(16-20)50-28-17-21(44)7-10-24(28)32(23)22-8-5-19(15-25(22)34(47)48)39-36(51)38-13-12-37-30(45)11-14-53-54-42-31(46)4-2-1-3-29-33-26(18-52-29)40-35(49)41-33/h5-10,15-17,26,29,33,43H,1-4,11-14,18H2,(H,37,45)(H,42,46)(H,47,48)(H2,38,39,51)(H2,40,41,49)/p-1. The Kier molecular flexibility index (Phi) is 13.1. The van der Waals surface area contributed by atoms with E-state index in [1.165, 1.54) is 52.1 Å². The molecule has 4 aliphatic rings. The number of carbonyl (C=O) groups is 4. The van der Waals surface area contributed by atoms with Crippen molar-refractivity contribution in [3.8, 4) is 28.2 Å². The van der Waals surface area contributed by atoms with Crippen molar-refractivity contribution in [2.24, 2.45) is 0 Å². The highest BCUT2D eigenvalue weighted by atomic mass is 33.1. The molecule has 2 aromatic carbocycles. The van der Waals surface area contributed by atoms with Gasteiger partial charge in [-0.05, 0) is 61.0 Å². The second-order valence-electron chi connectivity index (χ2n) is 12.6. The summed E-state index contributed by atoms with van der Waals surface area (Å²) in [5, 5.41) is 38.1. The number of nitrogens with one attached hydrogen (secondary N) is 6. The Morgan fingerprint density at radius 3 is 2.61 bits per heavy atom. The molecule has 0 saturated carbocycles. The highest BCUT2D eigenvalue weighted by Crippen LogP contribution is 2.42. The molecule has 4 amide bonds. The zero-order chi connectivity index (χ0) is 38.2. The van der Waals surface area contributed by atoms with E-state index in [2.05, 4.69) is 31.3 Å². The Morgan fingerprint density at radius 1 is 0.963 bits per heavy atom. The van der Waals surface area contributed by atoms with Crippen LogP contribution < -0.4 is 41.8 Å². The van der Waals surface area contributed by atoms with E-state index in [1.807, 2.05) is 11.8 Å². The quantitative estimate of drug-likeness (QED) is 0.0210. The number of benzene rings is 3. The molecule has 0 bridgehead atoms. The molecule has 3 unspecified atom stereocenters. The minimum atomic E-state index is -1.19. The smallest absolute Gasteiger partial charge is 0.336 e. The lowest BCUT2D eigenvalue weighted by atomic mass is 9.90. The molecule has 2 fully saturated rings. The van der Waals surface area contributed by atoms with Crippen LogP contribution in [0.2, 0.25) is 0 Å². The number of carboxylic acid groups (broad SMARTS) is 1. The number of urea groups is 1. The van der Waals surface area contributed by atoms with E-state index in [1.54, 1.807) is 24.3 Å². The maximum atomic E-state index is 12.5. The van der Waals surface area contributed by atoms with Gasteiger partial charge in [0.05, 0.1) is 17.6 Å². The summed E-state index contributed by atoms with van der Waals surface area (Å²) in [6.45, 7) is 0.619. The Morgan fingerprint density at radius 2 is 1.78 bits per heavy atom. The summed E-state index contributed by atoms with van der Waals surface area (Å²) < 4.78 is 8.64. The van der Waals surface area contributed by atoms with E-state index in [4.69, 9.17) is 16.6 Å². The first-order valence-corrected chi connectivity index (χ1v) is 21.0. The van der Waals surface area contributed by atoms with Crippen molar-refractivity contribution in [2.75, 3.05) is 29.9 Å². The Bertz CT molecular complexity index is 2100. The van der Waals surface area contributed by atoms with Gasteiger partial charge in [-0.25, -0.2) is 9.59 Å². The first-order valence-electron chi connectivity index (χ1n) is 17.2. The topological polar surface area (TPSA) is 214 Å². The van der Waals surface area contributed by atoms with Crippen LogP contribution in [0.15, 0.2) is 63.8 Å². The molecule has 3 heterocycles.